The van der Waals surface area contributed by atoms with Gasteiger partial charge in [-0.1, -0.05) is 58.0 Å². The highest BCUT2D eigenvalue weighted by Gasteiger charge is 2.23. The van der Waals surface area contributed by atoms with E-state index in [1.807, 2.05) is 18.2 Å². The van der Waals surface area contributed by atoms with Gasteiger partial charge in [0.25, 0.3) is 0 Å². The van der Waals surface area contributed by atoms with Crippen molar-refractivity contribution in [3.05, 3.63) is 35.9 Å². The van der Waals surface area contributed by atoms with E-state index < -0.39 is 0 Å². The van der Waals surface area contributed by atoms with E-state index in [0.29, 0.717) is 24.9 Å². The van der Waals surface area contributed by atoms with E-state index in [2.05, 4.69) is 60.3 Å². The predicted octanol–water partition coefficient (Wildman–Crippen LogP) is 1.89. The first-order valence-electron chi connectivity index (χ1n) is 10.4. The molecule has 0 aliphatic carbocycles. The number of hydrogen-bond acceptors (Lipinski definition) is 4. The van der Waals surface area contributed by atoms with Crippen molar-refractivity contribution in [2.24, 2.45) is 11.8 Å². The Kier molecular flexibility index (Phi) is 8.93. The summed E-state index contributed by atoms with van der Waals surface area (Å²) < 4.78 is 0. The van der Waals surface area contributed by atoms with Crippen LogP contribution in [0.4, 0.5) is 0 Å². The molecule has 1 fully saturated rings. The number of benzene rings is 1. The fraction of sp³-hybridized carbons (Fsp3) is 0.636. The van der Waals surface area contributed by atoms with E-state index in [1.165, 1.54) is 0 Å². The smallest absolute Gasteiger partial charge is 0.234 e. The number of rotatable bonds is 9. The van der Waals surface area contributed by atoms with E-state index in [0.717, 1.165) is 38.3 Å². The molecule has 6 nitrogen and oxygen atoms in total. The molecule has 0 radical (unpaired) electrons. The molecule has 1 unspecified atom stereocenters. The number of nitrogens with zero attached hydrogens (tertiary/aromatic N) is 2. The van der Waals surface area contributed by atoms with E-state index in [9.17, 15) is 9.59 Å². The van der Waals surface area contributed by atoms with Gasteiger partial charge in [0.05, 0.1) is 19.1 Å². The van der Waals surface area contributed by atoms with E-state index >= 15 is 0 Å². The molecule has 0 aromatic heterocycles. The minimum Gasteiger partial charge on any atom is -0.355 e. The lowest BCUT2D eigenvalue weighted by atomic mass is 9.96. The Labute approximate surface area is 169 Å². The topological polar surface area (TPSA) is 64.7 Å². The second kappa shape index (κ2) is 11.2. The minimum absolute atomic E-state index is 0.0274. The first-order valence-corrected chi connectivity index (χ1v) is 10.4. The lowest BCUT2D eigenvalue weighted by Gasteiger charge is -2.34. The molecule has 1 aliphatic rings. The van der Waals surface area contributed by atoms with Crippen LogP contribution in [0.5, 0.6) is 0 Å². The summed E-state index contributed by atoms with van der Waals surface area (Å²) in [5.74, 6) is 0.936. The van der Waals surface area contributed by atoms with Gasteiger partial charge in [-0.2, -0.15) is 0 Å². The number of amides is 2. The van der Waals surface area contributed by atoms with Gasteiger partial charge in [-0.15, -0.1) is 0 Å². The average Bonchev–Trinajstić information content (AvgIpc) is 2.66. The lowest BCUT2D eigenvalue weighted by molar-refractivity contribution is -0.125. The molecule has 1 heterocycles. The Morgan fingerprint density at radius 2 is 1.43 bits per heavy atom. The van der Waals surface area contributed by atoms with Crippen LogP contribution in [0, 0.1) is 11.8 Å². The van der Waals surface area contributed by atoms with Crippen LogP contribution in [-0.4, -0.2) is 67.4 Å². The largest absolute Gasteiger partial charge is 0.355 e. The molecule has 6 heteroatoms. The van der Waals surface area contributed by atoms with Gasteiger partial charge in [0.2, 0.25) is 11.8 Å². The van der Waals surface area contributed by atoms with Crippen molar-refractivity contribution in [2.45, 2.75) is 33.7 Å². The normalized spacial score (nSPS) is 16.9. The third kappa shape index (κ3) is 7.60. The molecule has 0 saturated carbocycles. The van der Waals surface area contributed by atoms with Crippen molar-refractivity contribution >= 4 is 11.8 Å². The van der Waals surface area contributed by atoms with Gasteiger partial charge in [-0.25, -0.2) is 0 Å². The Morgan fingerprint density at radius 1 is 0.893 bits per heavy atom. The zero-order chi connectivity index (χ0) is 20.5. The third-order valence-corrected chi connectivity index (χ3v) is 5.05. The molecule has 0 bridgehead atoms. The first-order chi connectivity index (χ1) is 13.3. The summed E-state index contributed by atoms with van der Waals surface area (Å²) in [6.45, 7) is 13.2. The number of hydrogen-bond donors (Lipinski definition) is 2. The summed E-state index contributed by atoms with van der Waals surface area (Å²) in [6, 6.07) is 10.2. The maximum atomic E-state index is 12.6. The van der Waals surface area contributed by atoms with Crippen molar-refractivity contribution in [2.75, 3.05) is 45.8 Å². The summed E-state index contributed by atoms with van der Waals surface area (Å²) in [5, 5.41) is 6.15. The van der Waals surface area contributed by atoms with Gasteiger partial charge < -0.3 is 10.6 Å². The molecule has 156 valence electrons. The van der Waals surface area contributed by atoms with Crippen molar-refractivity contribution < 1.29 is 9.59 Å². The highest BCUT2D eigenvalue weighted by atomic mass is 16.2. The average molecular weight is 389 g/mol. The molecule has 28 heavy (non-hydrogen) atoms. The van der Waals surface area contributed by atoms with Crippen LogP contribution in [0.25, 0.3) is 0 Å². The molecule has 2 rings (SSSR count). The molecule has 0 spiro atoms. The van der Waals surface area contributed by atoms with E-state index in [4.69, 9.17) is 0 Å². The van der Waals surface area contributed by atoms with Gasteiger partial charge in [0.15, 0.2) is 0 Å². The molecule has 1 aliphatic heterocycles. The van der Waals surface area contributed by atoms with E-state index in [1.54, 1.807) is 0 Å². The van der Waals surface area contributed by atoms with Gasteiger partial charge in [-0.3, -0.25) is 19.4 Å². The fourth-order valence-corrected chi connectivity index (χ4v) is 3.40. The van der Waals surface area contributed by atoms with Crippen LogP contribution < -0.4 is 10.6 Å². The monoisotopic (exact) mass is 388 g/mol. The molecule has 1 aromatic rings. The number of carbonyl (C=O) groups excluding carboxylic acids is 2. The Balaban J connectivity index is 1.74. The predicted molar refractivity (Wildman–Crippen MR) is 113 cm³/mol. The Morgan fingerprint density at radius 3 is 1.93 bits per heavy atom. The maximum absolute atomic E-state index is 12.6. The SMILES string of the molecule is CC(C)CNC(=O)CN1CCN(CC(=O)NC(c2ccccc2)C(C)C)CC1. The maximum Gasteiger partial charge on any atom is 0.234 e. The quantitative estimate of drug-likeness (QED) is 0.678. The van der Waals surface area contributed by atoms with Crippen LogP contribution >= 0.6 is 0 Å². The Hall–Kier alpha value is -1.92. The van der Waals surface area contributed by atoms with Crippen LogP contribution in [0.2, 0.25) is 0 Å². The number of piperazine rings is 1. The summed E-state index contributed by atoms with van der Waals surface area (Å²) in [7, 11) is 0. The van der Waals surface area contributed by atoms with E-state index in [-0.39, 0.29) is 17.9 Å². The summed E-state index contributed by atoms with van der Waals surface area (Å²) in [5.41, 5.74) is 1.14. The van der Waals surface area contributed by atoms with Gasteiger partial charge in [0.1, 0.15) is 0 Å². The van der Waals surface area contributed by atoms with Crippen molar-refractivity contribution in [1.29, 1.82) is 0 Å². The van der Waals surface area contributed by atoms with Crippen LogP contribution in [0.1, 0.15) is 39.3 Å². The van der Waals surface area contributed by atoms with Gasteiger partial charge >= 0.3 is 0 Å². The summed E-state index contributed by atoms with van der Waals surface area (Å²) >= 11 is 0. The van der Waals surface area contributed by atoms with Crippen molar-refractivity contribution in [1.82, 2.24) is 20.4 Å². The van der Waals surface area contributed by atoms with Gasteiger partial charge in [-0.05, 0) is 17.4 Å². The third-order valence-electron chi connectivity index (χ3n) is 5.05. The standard InChI is InChI=1S/C22H36N4O2/c1-17(2)14-23-20(27)15-25-10-12-26(13-11-25)16-21(28)24-22(18(3)4)19-8-6-5-7-9-19/h5-9,17-18,22H,10-16H2,1-4H3,(H,23,27)(H,24,28). The molecular formula is C22H36N4O2. The molecule has 1 saturated heterocycles. The first kappa shape index (κ1) is 22.4. The zero-order valence-corrected chi connectivity index (χ0v) is 17.8. The summed E-state index contributed by atoms with van der Waals surface area (Å²) in [6.07, 6.45) is 0. The van der Waals surface area contributed by atoms with Crippen LogP contribution in [-0.2, 0) is 9.59 Å². The van der Waals surface area contributed by atoms with Crippen LogP contribution in [0.3, 0.4) is 0 Å². The lowest BCUT2D eigenvalue weighted by Crippen LogP contribution is -2.52. The summed E-state index contributed by atoms with van der Waals surface area (Å²) in [4.78, 5) is 28.9. The molecule has 2 N–H and O–H groups in total. The fourth-order valence-electron chi connectivity index (χ4n) is 3.40. The van der Waals surface area contributed by atoms with Crippen molar-refractivity contribution in [3.8, 4) is 0 Å². The highest BCUT2D eigenvalue weighted by molar-refractivity contribution is 5.79. The zero-order valence-electron chi connectivity index (χ0n) is 17.8. The molecule has 1 atom stereocenters. The number of carbonyl (C=O) groups is 2. The van der Waals surface area contributed by atoms with Crippen molar-refractivity contribution in [3.63, 3.8) is 0 Å². The number of nitrogens with one attached hydrogen (secondary N) is 2. The minimum atomic E-state index is 0.0274. The second-order valence-corrected chi connectivity index (χ2v) is 8.45. The molecule has 2 amide bonds. The highest BCUT2D eigenvalue weighted by Crippen LogP contribution is 2.21. The Bertz CT molecular complexity index is 610. The van der Waals surface area contributed by atoms with Gasteiger partial charge in [0, 0.05) is 32.7 Å². The molecular weight excluding hydrogens is 352 g/mol. The second-order valence-electron chi connectivity index (χ2n) is 8.45. The van der Waals surface area contributed by atoms with Crippen LogP contribution in [0.15, 0.2) is 30.3 Å². The molecule has 1 aromatic carbocycles.